The normalized spacial score (nSPS) is 17.6. The number of ether oxygens (including phenoxy) is 1. The molecule has 19 heavy (non-hydrogen) atoms. The van der Waals surface area contributed by atoms with Gasteiger partial charge in [-0.2, -0.15) is 5.10 Å². The summed E-state index contributed by atoms with van der Waals surface area (Å²) in [6.07, 6.45) is 3.83. The predicted octanol–water partition coefficient (Wildman–Crippen LogP) is 1.50. The minimum Gasteiger partial charge on any atom is -0.466 e. The smallest absolute Gasteiger partial charge is 0.309 e. The van der Waals surface area contributed by atoms with Crippen LogP contribution in [0.3, 0.4) is 0 Å². The molecule has 2 rings (SSSR count). The second-order valence-electron chi connectivity index (χ2n) is 5.23. The summed E-state index contributed by atoms with van der Waals surface area (Å²) in [5.74, 6) is 0.0530. The zero-order valence-electron chi connectivity index (χ0n) is 12.1. The van der Waals surface area contributed by atoms with Gasteiger partial charge in [0.25, 0.3) is 0 Å². The van der Waals surface area contributed by atoms with Gasteiger partial charge in [0.15, 0.2) is 0 Å². The van der Waals surface area contributed by atoms with Crippen LogP contribution in [0.1, 0.15) is 31.0 Å². The number of hydrogen-bond donors (Lipinski definition) is 0. The molecule has 0 bridgehead atoms. The minimum atomic E-state index is -0.0313. The van der Waals surface area contributed by atoms with Gasteiger partial charge in [-0.1, -0.05) is 0 Å². The fraction of sp³-hybridized carbons (Fsp3) is 0.714. The second kappa shape index (κ2) is 6.19. The molecule has 0 atom stereocenters. The molecule has 0 radical (unpaired) electrons. The van der Waals surface area contributed by atoms with Gasteiger partial charge in [0.05, 0.1) is 18.2 Å². The Labute approximate surface area is 114 Å². The molecule has 2 heterocycles. The van der Waals surface area contributed by atoms with E-state index in [0.717, 1.165) is 38.2 Å². The molecule has 1 fully saturated rings. The highest BCUT2D eigenvalue weighted by Crippen LogP contribution is 2.20. The minimum absolute atomic E-state index is 0.0313. The lowest BCUT2D eigenvalue weighted by Crippen LogP contribution is -2.36. The molecule has 0 N–H and O–H groups in total. The maximum absolute atomic E-state index is 11.7. The molecule has 5 nitrogen and oxygen atoms in total. The molecule has 0 amide bonds. The molecule has 0 spiro atoms. The molecule has 0 unspecified atom stereocenters. The summed E-state index contributed by atoms with van der Waals surface area (Å²) < 4.78 is 6.94. The first kappa shape index (κ1) is 14.1. The Balaban J connectivity index is 1.83. The second-order valence-corrected chi connectivity index (χ2v) is 5.23. The van der Waals surface area contributed by atoms with Crippen molar-refractivity contribution in [1.29, 1.82) is 0 Å². The lowest BCUT2D eigenvalue weighted by atomic mass is 9.97. The third-order valence-electron chi connectivity index (χ3n) is 3.70. The van der Waals surface area contributed by atoms with Gasteiger partial charge in [-0.05, 0) is 45.3 Å². The average molecular weight is 265 g/mol. The van der Waals surface area contributed by atoms with E-state index in [1.807, 2.05) is 24.9 Å². The third-order valence-corrected chi connectivity index (χ3v) is 3.70. The maximum Gasteiger partial charge on any atom is 0.309 e. The molecule has 0 aromatic carbocycles. The van der Waals surface area contributed by atoms with Crippen LogP contribution in [0.25, 0.3) is 0 Å². The topological polar surface area (TPSA) is 47.4 Å². The van der Waals surface area contributed by atoms with E-state index < -0.39 is 0 Å². The van der Waals surface area contributed by atoms with E-state index in [1.54, 1.807) is 0 Å². The van der Waals surface area contributed by atoms with E-state index in [9.17, 15) is 4.79 Å². The van der Waals surface area contributed by atoms with Gasteiger partial charge in [-0.3, -0.25) is 14.4 Å². The Morgan fingerprint density at radius 2 is 2.16 bits per heavy atom. The van der Waals surface area contributed by atoms with Crippen LogP contribution < -0.4 is 0 Å². The predicted molar refractivity (Wildman–Crippen MR) is 72.6 cm³/mol. The number of carbonyl (C=O) groups is 1. The highest BCUT2D eigenvalue weighted by atomic mass is 16.5. The van der Waals surface area contributed by atoms with Crippen molar-refractivity contribution in [2.75, 3.05) is 19.7 Å². The van der Waals surface area contributed by atoms with Crippen molar-refractivity contribution in [3.05, 3.63) is 17.5 Å². The van der Waals surface area contributed by atoms with E-state index in [4.69, 9.17) is 4.74 Å². The number of likely N-dealkylation sites (tertiary alicyclic amines) is 1. The van der Waals surface area contributed by atoms with Crippen molar-refractivity contribution in [1.82, 2.24) is 14.7 Å². The molecule has 1 aliphatic rings. The summed E-state index contributed by atoms with van der Waals surface area (Å²) in [5.41, 5.74) is 2.37. The number of esters is 1. The van der Waals surface area contributed by atoms with E-state index in [2.05, 4.69) is 16.9 Å². The SMILES string of the molecule is CCOC(=O)C1CCN(Cc2nn(C)cc2C)CC1. The van der Waals surface area contributed by atoms with Crippen LogP contribution in [0.15, 0.2) is 6.20 Å². The van der Waals surface area contributed by atoms with Crippen LogP contribution >= 0.6 is 0 Å². The van der Waals surface area contributed by atoms with E-state index in [-0.39, 0.29) is 11.9 Å². The Hall–Kier alpha value is -1.36. The number of rotatable bonds is 4. The number of nitrogens with zero attached hydrogens (tertiary/aromatic N) is 3. The molecule has 1 saturated heterocycles. The number of hydrogen-bond acceptors (Lipinski definition) is 4. The van der Waals surface area contributed by atoms with E-state index in [0.29, 0.717) is 6.61 Å². The van der Waals surface area contributed by atoms with Crippen molar-refractivity contribution >= 4 is 5.97 Å². The van der Waals surface area contributed by atoms with Gasteiger partial charge in [0, 0.05) is 19.8 Å². The van der Waals surface area contributed by atoms with Gasteiger partial charge in [-0.15, -0.1) is 0 Å². The standard InChI is InChI=1S/C14H23N3O2/c1-4-19-14(18)12-5-7-17(8-6-12)10-13-11(2)9-16(3)15-13/h9,12H,4-8,10H2,1-3H3. The van der Waals surface area contributed by atoms with Crippen molar-refractivity contribution in [2.45, 2.75) is 33.2 Å². The number of aromatic nitrogens is 2. The Kier molecular flexibility index (Phi) is 4.58. The summed E-state index contributed by atoms with van der Waals surface area (Å²) in [4.78, 5) is 14.0. The fourth-order valence-electron chi connectivity index (χ4n) is 2.61. The molecular weight excluding hydrogens is 242 g/mol. The first-order chi connectivity index (χ1) is 9.10. The Morgan fingerprint density at radius 1 is 1.47 bits per heavy atom. The highest BCUT2D eigenvalue weighted by Gasteiger charge is 2.26. The monoisotopic (exact) mass is 265 g/mol. The van der Waals surface area contributed by atoms with E-state index >= 15 is 0 Å². The first-order valence-corrected chi connectivity index (χ1v) is 6.98. The van der Waals surface area contributed by atoms with Crippen LogP contribution in [0.2, 0.25) is 0 Å². The molecule has 1 aromatic heterocycles. The van der Waals surface area contributed by atoms with Gasteiger partial charge in [0.2, 0.25) is 0 Å². The molecule has 5 heteroatoms. The molecule has 0 aliphatic carbocycles. The number of aryl methyl sites for hydroxylation is 2. The summed E-state index contributed by atoms with van der Waals surface area (Å²) >= 11 is 0. The zero-order valence-corrected chi connectivity index (χ0v) is 12.1. The quantitative estimate of drug-likeness (QED) is 0.774. The highest BCUT2D eigenvalue weighted by molar-refractivity contribution is 5.72. The third kappa shape index (κ3) is 3.56. The lowest BCUT2D eigenvalue weighted by molar-refractivity contribution is -0.149. The average Bonchev–Trinajstić information content (AvgIpc) is 2.69. The summed E-state index contributed by atoms with van der Waals surface area (Å²) in [6, 6.07) is 0. The van der Waals surface area contributed by atoms with Crippen LogP contribution in [0.5, 0.6) is 0 Å². The van der Waals surface area contributed by atoms with Crippen LogP contribution in [0, 0.1) is 12.8 Å². The fourth-order valence-corrected chi connectivity index (χ4v) is 2.61. The lowest BCUT2D eigenvalue weighted by Gasteiger charge is -2.30. The van der Waals surface area contributed by atoms with Crippen molar-refractivity contribution in [3.63, 3.8) is 0 Å². The molecule has 1 aromatic rings. The van der Waals surface area contributed by atoms with Crippen molar-refractivity contribution < 1.29 is 9.53 Å². The van der Waals surface area contributed by atoms with Crippen molar-refractivity contribution in [3.8, 4) is 0 Å². The first-order valence-electron chi connectivity index (χ1n) is 6.98. The van der Waals surface area contributed by atoms with Gasteiger partial charge in [0.1, 0.15) is 0 Å². The summed E-state index contributed by atoms with van der Waals surface area (Å²) in [5, 5.41) is 4.47. The Morgan fingerprint density at radius 3 is 2.68 bits per heavy atom. The summed E-state index contributed by atoms with van der Waals surface area (Å²) in [6.45, 7) is 7.19. The van der Waals surface area contributed by atoms with E-state index in [1.165, 1.54) is 5.56 Å². The molecule has 0 saturated carbocycles. The largest absolute Gasteiger partial charge is 0.466 e. The number of piperidine rings is 1. The molecule has 1 aliphatic heterocycles. The van der Waals surface area contributed by atoms with Crippen LogP contribution in [-0.4, -0.2) is 40.3 Å². The van der Waals surface area contributed by atoms with Crippen LogP contribution in [0.4, 0.5) is 0 Å². The van der Waals surface area contributed by atoms with Gasteiger partial charge in [-0.25, -0.2) is 0 Å². The summed E-state index contributed by atoms with van der Waals surface area (Å²) in [7, 11) is 1.95. The molecular formula is C14H23N3O2. The maximum atomic E-state index is 11.7. The van der Waals surface area contributed by atoms with Gasteiger partial charge < -0.3 is 4.74 Å². The zero-order chi connectivity index (χ0) is 13.8. The Bertz CT molecular complexity index is 434. The number of carbonyl (C=O) groups excluding carboxylic acids is 1. The van der Waals surface area contributed by atoms with Crippen LogP contribution in [-0.2, 0) is 23.1 Å². The van der Waals surface area contributed by atoms with Crippen molar-refractivity contribution in [2.24, 2.45) is 13.0 Å². The molecule has 106 valence electrons. The van der Waals surface area contributed by atoms with Gasteiger partial charge >= 0.3 is 5.97 Å².